The first-order valence-electron chi connectivity index (χ1n) is 8.56. The molecular formula is C19H24O3. The summed E-state index contributed by atoms with van der Waals surface area (Å²) in [6.45, 7) is 5.61. The lowest BCUT2D eigenvalue weighted by molar-refractivity contribution is -0.129. The predicted octanol–water partition coefficient (Wildman–Crippen LogP) is 3.96. The minimum atomic E-state index is -0.0900. The van der Waals surface area contributed by atoms with Gasteiger partial charge in [0.2, 0.25) is 0 Å². The molecule has 0 radical (unpaired) electrons. The van der Waals surface area contributed by atoms with Gasteiger partial charge in [0.15, 0.2) is 0 Å². The summed E-state index contributed by atoms with van der Waals surface area (Å²) in [5, 5.41) is 0. The maximum atomic E-state index is 12.3. The summed E-state index contributed by atoms with van der Waals surface area (Å²) in [7, 11) is 0. The number of ketones is 1. The molecule has 3 aliphatic rings. The number of ether oxygens (including phenoxy) is 2. The summed E-state index contributed by atoms with van der Waals surface area (Å²) in [6, 6.07) is 6.26. The van der Waals surface area contributed by atoms with Crippen LogP contribution in [0.5, 0.6) is 11.5 Å². The van der Waals surface area contributed by atoms with E-state index in [1.807, 2.05) is 13.0 Å². The van der Waals surface area contributed by atoms with Crippen molar-refractivity contribution in [2.45, 2.75) is 45.4 Å². The highest BCUT2D eigenvalue weighted by Crippen LogP contribution is 2.59. The van der Waals surface area contributed by atoms with Gasteiger partial charge in [0.25, 0.3) is 0 Å². The second-order valence-corrected chi connectivity index (χ2v) is 7.24. The second kappa shape index (κ2) is 5.00. The highest BCUT2D eigenvalue weighted by molar-refractivity contribution is 5.87. The van der Waals surface area contributed by atoms with Gasteiger partial charge in [-0.05, 0) is 49.7 Å². The van der Waals surface area contributed by atoms with E-state index in [1.165, 1.54) is 5.56 Å². The molecule has 118 valence electrons. The zero-order chi connectivity index (χ0) is 15.3. The lowest BCUT2D eigenvalue weighted by atomic mass is 9.58. The monoisotopic (exact) mass is 300 g/mol. The Morgan fingerprint density at radius 3 is 3.05 bits per heavy atom. The minimum Gasteiger partial charge on any atom is -0.494 e. The smallest absolute Gasteiger partial charge is 0.139 e. The Bertz CT molecular complexity index is 609. The van der Waals surface area contributed by atoms with Crippen LogP contribution in [0.2, 0.25) is 0 Å². The van der Waals surface area contributed by atoms with E-state index in [2.05, 4.69) is 19.1 Å². The van der Waals surface area contributed by atoms with E-state index in [1.54, 1.807) is 0 Å². The third kappa shape index (κ3) is 1.90. The first-order chi connectivity index (χ1) is 10.6. The number of hydrogen-bond acceptors (Lipinski definition) is 3. The fraction of sp³-hybridized carbons (Fsp3) is 0.632. The van der Waals surface area contributed by atoms with E-state index < -0.39 is 0 Å². The third-order valence-corrected chi connectivity index (χ3v) is 6.27. The zero-order valence-electron chi connectivity index (χ0n) is 13.4. The van der Waals surface area contributed by atoms with Gasteiger partial charge in [-0.15, -0.1) is 0 Å². The minimum absolute atomic E-state index is 0.0900. The molecule has 0 unspecified atom stereocenters. The number of hydrogen-bond donors (Lipinski definition) is 0. The third-order valence-electron chi connectivity index (χ3n) is 6.27. The Balaban J connectivity index is 1.66. The number of Topliss-reactive ketones (excluding diaryl/α,β-unsaturated/α-hetero) is 1. The predicted molar refractivity (Wildman–Crippen MR) is 84.4 cm³/mol. The van der Waals surface area contributed by atoms with Gasteiger partial charge in [-0.3, -0.25) is 4.79 Å². The van der Waals surface area contributed by atoms with Gasteiger partial charge in [0.1, 0.15) is 17.3 Å². The zero-order valence-corrected chi connectivity index (χ0v) is 13.4. The molecule has 2 fully saturated rings. The summed E-state index contributed by atoms with van der Waals surface area (Å²) in [6.07, 6.45) is 3.95. The van der Waals surface area contributed by atoms with E-state index >= 15 is 0 Å². The molecule has 3 heteroatoms. The van der Waals surface area contributed by atoms with Crippen LogP contribution < -0.4 is 9.47 Å². The molecule has 4 rings (SSSR count). The normalized spacial score (nSPS) is 36.1. The quantitative estimate of drug-likeness (QED) is 0.829. The summed E-state index contributed by atoms with van der Waals surface area (Å²) in [5.41, 5.74) is 1.23. The van der Waals surface area contributed by atoms with Gasteiger partial charge in [-0.2, -0.15) is 0 Å². The van der Waals surface area contributed by atoms with Crippen molar-refractivity contribution in [3.8, 4) is 11.5 Å². The van der Waals surface area contributed by atoms with Crippen LogP contribution in [0.1, 0.15) is 51.0 Å². The molecule has 4 atom stereocenters. The molecule has 1 aliphatic heterocycles. The summed E-state index contributed by atoms with van der Waals surface area (Å²) in [4.78, 5) is 12.3. The van der Waals surface area contributed by atoms with Crippen LogP contribution in [0.3, 0.4) is 0 Å². The van der Waals surface area contributed by atoms with Crippen molar-refractivity contribution in [3.63, 3.8) is 0 Å². The van der Waals surface area contributed by atoms with E-state index in [-0.39, 0.29) is 5.41 Å². The van der Waals surface area contributed by atoms with Crippen molar-refractivity contribution in [1.29, 1.82) is 0 Å². The van der Waals surface area contributed by atoms with E-state index in [4.69, 9.17) is 9.47 Å². The van der Waals surface area contributed by atoms with Gasteiger partial charge in [-0.1, -0.05) is 13.0 Å². The molecule has 22 heavy (non-hydrogen) atoms. The number of benzene rings is 1. The van der Waals surface area contributed by atoms with Crippen LogP contribution >= 0.6 is 0 Å². The number of carbonyl (C=O) groups is 1. The van der Waals surface area contributed by atoms with Gasteiger partial charge in [0.05, 0.1) is 13.2 Å². The molecule has 0 aromatic heterocycles. The van der Waals surface area contributed by atoms with Crippen molar-refractivity contribution in [2.75, 3.05) is 13.2 Å². The molecule has 0 saturated heterocycles. The molecule has 1 aromatic rings. The van der Waals surface area contributed by atoms with E-state index in [0.29, 0.717) is 30.1 Å². The molecule has 1 aromatic carbocycles. The molecule has 0 N–H and O–H groups in total. The molecule has 0 amide bonds. The maximum absolute atomic E-state index is 12.3. The van der Waals surface area contributed by atoms with Gasteiger partial charge >= 0.3 is 0 Å². The Kier molecular flexibility index (Phi) is 3.21. The average Bonchev–Trinajstić information content (AvgIpc) is 2.83. The lowest BCUT2D eigenvalue weighted by Crippen LogP contribution is -2.44. The molecular weight excluding hydrogens is 276 g/mol. The Morgan fingerprint density at radius 2 is 2.23 bits per heavy atom. The lowest BCUT2D eigenvalue weighted by Gasteiger charge is -2.47. The topological polar surface area (TPSA) is 35.5 Å². The number of fused-ring (bicyclic) bond motifs is 5. The van der Waals surface area contributed by atoms with Crippen LogP contribution in [-0.2, 0) is 4.79 Å². The van der Waals surface area contributed by atoms with Gasteiger partial charge in [-0.25, -0.2) is 0 Å². The maximum Gasteiger partial charge on any atom is 0.139 e. The molecule has 3 nitrogen and oxygen atoms in total. The highest BCUT2D eigenvalue weighted by atomic mass is 16.5. The molecule has 2 saturated carbocycles. The first kappa shape index (κ1) is 14.1. The van der Waals surface area contributed by atoms with E-state index in [9.17, 15) is 4.79 Å². The van der Waals surface area contributed by atoms with Crippen molar-refractivity contribution in [1.82, 2.24) is 0 Å². The molecule has 0 bridgehead atoms. The van der Waals surface area contributed by atoms with Crippen LogP contribution in [-0.4, -0.2) is 19.0 Å². The molecule has 1 heterocycles. The average molecular weight is 300 g/mol. The molecule has 0 spiro atoms. The molecule has 2 aliphatic carbocycles. The second-order valence-electron chi connectivity index (χ2n) is 7.24. The standard InChI is InChI=1S/C19H24O3/c1-3-21-12-4-5-14-13-8-9-19(2)16(6-7-18(19)20)15(13)11-22-17(14)10-12/h4-5,10,13,15-16H,3,6-9,11H2,1-2H3/t13-,15-,16+,19+/m1/s1. The van der Waals surface area contributed by atoms with Crippen LogP contribution in [0.4, 0.5) is 0 Å². The number of rotatable bonds is 2. The summed E-state index contributed by atoms with van der Waals surface area (Å²) < 4.78 is 11.7. The highest BCUT2D eigenvalue weighted by Gasteiger charge is 2.55. The van der Waals surface area contributed by atoms with Crippen molar-refractivity contribution in [3.05, 3.63) is 23.8 Å². The Labute approximate surface area is 132 Å². The fourth-order valence-corrected chi connectivity index (χ4v) is 5.07. The van der Waals surface area contributed by atoms with Gasteiger partial charge in [0, 0.05) is 23.8 Å². The summed E-state index contributed by atoms with van der Waals surface area (Å²) >= 11 is 0. The SMILES string of the molecule is CCOc1ccc2c(c1)OC[C@@H]1[C@@H]2CC[C@]2(C)C(=O)CC[C@@H]12. The summed E-state index contributed by atoms with van der Waals surface area (Å²) in [5.74, 6) is 3.89. The Hall–Kier alpha value is -1.51. The van der Waals surface area contributed by atoms with Crippen molar-refractivity contribution in [2.24, 2.45) is 17.3 Å². The largest absolute Gasteiger partial charge is 0.494 e. The van der Waals surface area contributed by atoms with Crippen LogP contribution in [0.15, 0.2) is 18.2 Å². The van der Waals surface area contributed by atoms with Crippen LogP contribution in [0.25, 0.3) is 0 Å². The van der Waals surface area contributed by atoms with E-state index in [0.717, 1.165) is 43.8 Å². The van der Waals surface area contributed by atoms with Gasteiger partial charge < -0.3 is 9.47 Å². The Morgan fingerprint density at radius 1 is 1.36 bits per heavy atom. The first-order valence-corrected chi connectivity index (χ1v) is 8.56. The van der Waals surface area contributed by atoms with Crippen molar-refractivity contribution >= 4 is 5.78 Å². The fourth-order valence-electron chi connectivity index (χ4n) is 5.07. The van der Waals surface area contributed by atoms with Crippen LogP contribution in [0, 0.1) is 17.3 Å². The van der Waals surface area contributed by atoms with Crippen molar-refractivity contribution < 1.29 is 14.3 Å². The number of carbonyl (C=O) groups excluding carboxylic acids is 1.